The Morgan fingerprint density at radius 3 is 2.86 bits per heavy atom. The first kappa shape index (κ1) is 16.6. The van der Waals surface area contributed by atoms with Crippen molar-refractivity contribution in [3.05, 3.63) is 35.4 Å². The Morgan fingerprint density at radius 2 is 2.19 bits per heavy atom. The van der Waals surface area contributed by atoms with Gasteiger partial charge in [0.25, 0.3) is 5.91 Å². The van der Waals surface area contributed by atoms with Gasteiger partial charge in [0, 0.05) is 25.7 Å². The second-order valence-electron chi connectivity index (χ2n) is 4.35. The van der Waals surface area contributed by atoms with E-state index < -0.39 is 0 Å². The van der Waals surface area contributed by atoms with E-state index in [0.717, 1.165) is 18.5 Å². The quantitative estimate of drug-likeness (QED) is 0.411. The number of hydrogen-bond acceptors (Lipinski definition) is 2. The molecule has 0 atom stereocenters. The first-order valence-corrected chi connectivity index (χ1v) is 6.98. The zero-order valence-electron chi connectivity index (χ0n) is 12.6. The van der Waals surface area contributed by atoms with Gasteiger partial charge in [-0.15, -0.1) is 6.42 Å². The van der Waals surface area contributed by atoms with Crippen LogP contribution in [0.25, 0.3) is 0 Å². The predicted octanol–water partition coefficient (Wildman–Crippen LogP) is 0.777. The van der Waals surface area contributed by atoms with Crippen molar-refractivity contribution in [2.24, 2.45) is 4.99 Å². The summed E-state index contributed by atoms with van der Waals surface area (Å²) in [5.41, 5.74) is 1.74. The van der Waals surface area contributed by atoms with E-state index in [9.17, 15) is 4.79 Å². The molecule has 3 N–H and O–H groups in total. The molecule has 5 heteroatoms. The van der Waals surface area contributed by atoms with Gasteiger partial charge in [-0.05, 0) is 31.0 Å². The number of rotatable bonds is 6. The summed E-state index contributed by atoms with van der Waals surface area (Å²) in [6.45, 7) is 3.84. The molecule has 1 amide bonds. The minimum Gasteiger partial charge on any atom is -0.357 e. The highest BCUT2D eigenvalue weighted by Crippen LogP contribution is 2.06. The summed E-state index contributed by atoms with van der Waals surface area (Å²) in [6, 6.07) is 7.55. The van der Waals surface area contributed by atoms with Crippen LogP contribution in [0.15, 0.2) is 29.3 Å². The number of benzene rings is 1. The van der Waals surface area contributed by atoms with Gasteiger partial charge in [0.15, 0.2) is 5.96 Å². The molecule has 1 aromatic rings. The summed E-state index contributed by atoms with van der Waals surface area (Å²) in [5, 5.41) is 8.77. The van der Waals surface area contributed by atoms with E-state index in [2.05, 4.69) is 26.9 Å². The molecule has 0 spiro atoms. The van der Waals surface area contributed by atoms with Crippen LogP contribution in [0.2, 0.25) is 0 Å². The van der Waals surface area contributed by atoms with Crippen molar-refractivity contribution < 1.29 is 4.79 Å². The molecule has 0 radical (unpaired) electrons. The average Bonchev–Trinajstić information content (AvgIpc) is 2.52. The van der Waals surface area contributed by atoms with Gasteiger partial charge in [0.2, 0.25) is 0 Å². The lowest BCUT2D eigenvalue weighted by Crippen LogP contribution is -2.37. The Labute approximate surface area is 126 Å². The van der Waals surface area contributed by atoms with Gasteiger partial charge in [0.1, 0.15) is 0 Å². The van der Waals surface area contributed by atoms with Crippen molar-refractivity contribution in [1.82, 2.24) is 16.0 Å². The molecule has 1 aromatic carbocycles. The third-order valence-electron chi connectivity index (χ3n) is 2.79. The second-order valence-corrected chi connectivity index (χ2v) is 4.35. The third-order valence-corrected chi connectivity index (χ3v) is 2.79. The first-order valence-electron chi connectivity index (χ1n) is 6.98. The lowest BCUT2D eigenvalue weighted by atomic mass is 10.1. The number of aliphatic imine (C=N–C) groups is 1. The number of nitrogens with one attached hydrogen (secondary N) is 3. The number of carbonyl (C=O) groups excluding carboxylic acids is 1. The van der Waals surface area contributed by atoms with Crippen LogP contribution in [-0.2, 0) is 6.42 Å². The van der Waals surface area contributed by atoms with Crippen molar-refractivity contribution in [2.45, 2.75) is 13.3 Å². The number of nitrogens with zero attached hydrogens (tertiary/aromatic N) is 1. The van der Waals surface area contributed by atoms with Crippen LogP contribution in [0.1, 0.15) is 22.8 Å². The summed E-state index contributed by atoms with van der Waals surface area (Å²) >= 11 is 0. The fraction of sp³-hybridized carbons (Fsp3) is 0.375. The maximum Gasteiger partial charge on any atom is 0.251 e. The van der Waals surface area contributed by atoms with Gasteiger partial charge < -0.3 is 16.0 Å². The molecule has 5 nitrogen and oxygen atoms in total. The van der Waals surface area contributed by atoms with Gasteiger partial charge in [0.05, 0.1) is 6.54 Å². The molecule has 0 saturated heterocycles. The van der Waals surface area contributed by atoms with E-state index in [1.165, 1.54) is 0 Å². The maximum absolute atomic E-state index is 11.6. The Hall–Kier alpha value is -2.48. The number of terminal acetylenes is 1. The monoisotopic (exact) mass is 286 g/mol. The van der Waals surface area contributed by atoms with Crippen LogP contribution in [0.4, 0.5) is 0 Å². The normalized spacial score (nSPS) is 10.6. The number of guanidine groups is 1. The fourth-order valence-electron chi connectivity index (χ4n) is 1.79. The molecular formula is C16H22N4O. The second kappa shape index (κ2) is 9.43. The molecule has 0 aromatic heterocycles. The summed E-state index contributed by atoms with van der Waals surface area (Å²) in [6.07, 6.45) is 5.98. The van der Waals surface area contributed by atoms with E-state index in [-0.39, 0.29) is 5.91 Å². The summed E-state index contributed by atoms with van der Waals surface area (Å²) in [7, 11) is 1.62. The third kappa shape index (κ3) is 6.00. The predicted molar refractivity (Wildman–Crippen MR) is 86.4 cm³/mol. The van der Waals surface area contributed by atoms with Gasteiger partial charge in [-0.3, -0.25) is 9.79 Å². The summed E-state index contributed by atoms with van der Waals surface area (Å²) in [4.78, 5) is 16.0. The Bertz CT molecular complexity index is 531. The molecule has 0 saturated carbocycles. The maximum atomic E-state index is 11.6. The highest BCUT2D eigenvalue weighted by molar-refractivity contribution is 5.94. The molecule has 112 valence electrons. The minimum absolute atomic E-state index is 0.0793. The van der Waals surface area contributed by atoms with E-state index in [0.29, 0.717) is 24.6 Å². The van der Waals surface area contributed by atoms with Gasteiger partial charge in [-0.25, -0.2) is 0 Å². The minimum atomic E-state index is -0.0793. The molecule has 0 aliphatic heterocycles. The standard InChI is InChI=1S/C16H22N4O/c1-4-10-19-16(18-5-2)20-11-9-13-7-6-8-14(12-13)15(21)17-3/h1,6-8,12H,5,9-11H2,2-3H3,(H,17,21)(H2,18,19,20). The highest BCUT2D eigenvalue weighted by Gasteiger charge is 2.03. The first-order chi connectivity index (χ1) is 10.2. The van der Waals surface area contributed by atoms with E-state index >= 15 is 0 Å². The molecule has 0 bridgehead atoms. The van der Waals surface area contributed by atoms with Crippen LogP contribution in [0, 0.1) is 12.3 Å². The smallest absolute Gasteiger partial charge is 0.251 e. The molecular weight excluding hydrogens is 264 g/mol. The van der Waals surface area contributed by atoms with Crippen molar-refractivity contribution in [3.8, 4) is 12.3 Å². The molecule has 0 aliphatic rings. The lowest BCUT2D eigenvalue weighted by molar-refractivity contribution is 0.0963. The van der Waals surface area contributed by atoms with Crippen molar-refractivity contribution in [2.75, 3.05) is 26.7 Å². The number of carbonyl (C=O) groups is 1. The van der Waals surface area contributed by atoms with Crippen LogP contribution in [0.5, 0.6) is 0 Å². The molecule has 21 heavy (non-hydrogen) atoms. The molecule has 0 aliphatic carbocycles. The van der Waals surface area contributed by atoms with Crippen LogP contribution in [-0.4, -0.2) is 38.5 Å². The molecule has 1 rings (SSSR count). The van der Waals surface area contributed by atoms with E-state index in [1.54, 1.807) is 13.1 Å². The number of hydrogen-bond donors (Lipinski definition) is 3. The van der Waals surface area contributed by atoms with Crippen molar-refractivity contribution in [3.63, 3.8) is 0 Å². The average molecular weight is 286 g/mol. The van der Waals surface area contributed by atoms with E-state index in [1.807, 2.05) is 25.1 Å². The van der Waals surface area contributed by atoms with Crippen LogP contribution < -0.4 is 16.0 Å². The lowest BCUT2D eigenvalue weighted by Gasteiger charge is -2.09. The van der Waals surface area contributed by atoms with Crippen LogP contribution in [0.3, 0.4) is 0 Å². The van der Waals surface area contributed by atoms with E-state index in [4.69, 9.17) is 6.42 Å². The SMILES string of the molecule is C#CCNC(=NCCc1cccc(C(=O)NC)c1)NCC. The Morgan fingerprint density at radius 1 is 1.38 bits per heavy atom. The number of amides is 1. The van der Waals surface area contributed by atoms with Crippen LogP contribution >= 0.6 is 0 Å². The summed E-state index contributed by atoms with van der Waals surface area (Å²) in [5.74, 6) is 3.14. The van der Waals surface area contributed by atoms with Gasteiger partial charge in [-0.2, -0.15) is 0 Å². The van der Waals surface area contributed by atoms with Gasteiger partial charge >= 0.3 is 0 Å². The zero-order valence-corrected chi connectivity index (χ0v) is 12.6. The Kier molecular flexibility index (Phi) is 7.44. The summed E-state index contributed by atoms with van der Waals surface area (Å²) < 4.78 is 0. The molecule has 0 heterocycles. The fourth-order valence-corrected chi connectivity index (χ4v) is 1.79. The Balaban J connectivity index is 2.61. The van der Waals surface area contributed by atoms with Crippen molar-refractivity contribution >= 4 is 11.9 Å². The molecule has 0 fully saturated rings. The largest absolute Gasteiger partial charge is 0.357 e. The molecule has 0 unspecified atom stereocenters. The van der Waals surface area contributed by atoms with Gasteiger partial charge in [-0.1, -0.05) is 18.1 Å². The topological polar surface area (TPSA) is 65.5 Å². The van der Waals surface area contributed by atoms with Crippen molar-refractivity contribution in [1.29, 1.82) is 0 Å². The highest BCUT2D eigenvalue weighted by atomic mass is 16.1. The zero-order chi connectivity index (χ0) is 15.5.